The Labute approximate surface area is 147 Å². The SMILES string of the molecule is Cn1nccc1OCc1cn2c(=O)n(C)cc(-c3ccc(F)cc3)c2n1. The molecule has 0 spiro atoms. The Bertz CT molecular complexity index is 1140. The van der Waals surface area contributed by atoms with Crippen molar-refractivity contribution in [1.82, 2.24) is 23.7 Å². The van der Waals surface area contributed by atoms with Crippen LogP contribution in [0.5, 0.6) is 5.88 Å². The van der Waals surface area contributed by atoms with E-state index in [0.29, 0.717) is 17.2 Å². The maximum absolute atomic E-state index is 13.2. The van der Waals surface area contributed by atoms with Crippen molar-refractivity contribution in [2.75, 3.05) is 0 Å². The van der Waals surface area contributed by atoms with Crippen LogP contribution in [0.4, 0.5) is 4.39 Å². The average molecular weight is 353 g/mol. The topological polar surface area (TPSA) is 66.3 Å². The number of imidazole rings is 1. The molecular weight excluding hydrogens is 337 g/mol. The lowest BCUT2D eigenvalue weighted by Crippen LogP contribution is -2.23. The number of benzene rings is 1. The van der Waals surface area contributed by atoms with Gasteiger partial charge in [0.05, 0.1) is 11.9 Å². The molecule has 0 atom stereocenters. The summed E-state index contributed by atoms with van der Waals surface area (Å²) >= 11 is 0. The summed E-state index contributed by atoms with van der Waals surface area (Å²) in [7, 11) is 3.45. The van der Waals surface area contributed by atoms with Gasteiger partial charge in [-0.3, -0.25) is 4.40 Å². The maximum atomic E-state index is 13.2. The molecule has 0 saturated heterocycles. The van der Waals surface area contributed by atoms with E-state index in [4.69, 9.17) is 4.74 Å². The van der Waals surface area contributed by atoms with Crippen molar-refractivity contribution >= 4 is 5.65 Å². The van der Waals surface area contributed by atoms with Crippen LogP contribution in [0.3, 0.4) is 0 Å². The third-order valence-corrected chi connectivity index (χ3v) is 4.13. The number of hydrogen-bond acceptors (Lipinski definition) is 4. The molecule has 0 bridgehead atoms. The zero-order chi connectivity index (χ0) is 18.3. The highest BCUT2D eigenvalue weighted by Gasteiger charge is 2.13. The van der Waals surface area contributed by atoms with Gasteiger partial charge < -0.3 is 9.30 Å². The van der Waals surface area contributed by atoms with Crippen molar-refractivity contribution < 1.29 is 9.13 Å². The fourth-order valence-corrected chi connectivity index (χ4v) is 2.80. The van der Waals surface area contributed by atoms with E-state index in [1.807, 2.05) is 0 Å². The molecule has 4 rings (SSSR count). The molecule has 4 aromatic rings. The van der Waals surface area contributed by atoms with E-state index in [9.17, 15) is 9.18 Å². The predicted octanol–water partition coefficient (Wildman–Crippen LogP) is 2.15. The second-order valence-corrected chi connectivity index (χ2v) is 5.95. The number of aryl methyl sites for hydroxylation is 2. The molecule has 0 unspecified atom stereocenters. The number of ether oxygens (including phenoxy) is 1. The van der Waals surface area contributed by atoms with E-state index in [1.54, 1.807) is 55.6 Å². The lowest BCUT2D eigenvalue weighted by molar-refractivity contribution is 0.275. The Morgan fingerprint density at radius 3 is 2.58 bits per heavy atom. The summed E-state index contributed by atoms with van der Waals surface area (Å²) in [5, 5.41) is 4.04. The molecule has 0 amide bonds. The van der Waals surface area contributed by atoms with E-state index in [1.165, 1.54) is 21.1 Å². The molecule has 8 heteroatoms. The summed E-state index contributed by atoms with van der Waals surface area (Å²) in [6, 6.07) is 7.84. The number of halogens is 1. The normalized spacial score (nSPS) is 11.2. The first-order valence-corrected chi connectivity index (χ1v) is 7.97. The van der Waals surface area contributed by atoms with E-state index in [-0.39, 0.29) is 18.1 Å². The van der Waals surface area contributed by atoms with Crippen LogP contribution in [0.1, 0.15) is 5.69 Å². The molecular formula is C18H16FN5O2. The van der Waals surface area contributed by atoms with Gasteiger partial charge in [0.2, 0.25) is 5.88 Å². The van der Waals surface area contributed by atoms with Crippen LogP contribution in [0.25, 0.3) is 16.8 Å². The van der Waals surface area contributed by atoms with Crippen LogP contribution >= 0.6 is 0 Å². The molecule has 0 N–H and O–H groups in total. The summed E-state index contributed by atoms with van der Waals surface area (Å²) < 4.78 is 23.5. The molecule has 0 aliphatic rings. The van der Waals surface area contributed by atoms with Crippen molar-refractivity contribution in [2.45, 2.75) is 6.61 Å². The van der Waals surface area contributed by atoms with Crippen molar-refractivity contribution in [3.63, 3.8) is 0 Å². The fourth-order valence-electron chi connectivity index (χ4n) is 2.80. The second kappa shape index (κ2) is 6.14. The van der Waals surface area contributed by atoms with Gasteiger partial charge in [0, 0.05) is 38.1 Å². The summed E-state index contributed by atoms with van der Waals surface area (Å²) in [4.78, 5) is 17.0. The van der Waals surface area contributed by atoms with Gasteiger partial charge in [-0.05, 0) is 17.7 Å². The standard InChI is InChI=1S/C18H16FN5O2/c1-22-10-15(12-3-5-13(19)6-4-12)17-21-14(9-24(17)18(22)25)11-26-16-7-8-20-23(16)2/h3-10H,11H2,1-2H3. The zero-order valence-electron chi connectivity index (χ0n) is 14.3. The summed E-state index contributed by atoms with van der Waals surface area (Å²) in [5.74, 6) is 0.289. The number of rotatable bonds is 4. The highest BCUT2D eigenvalue weighted by atomic mass is 19.1. The summed E-state index contributed by atoms with van der Waals surface area (Å²) in [6.45, 7) is 0.202. The molecule has 1 aromatic carbocycles. The van der Waals surface area contributed by atoms with Gasteiger partial charge >= 0.3 is 5.69 Å². The van der Waals surface area contributed by atoms with Crippen LogP contribution in [0.15, 0.2) is 53.7 Å². The molecule has 0 aliphatic heterocycles. The number of nitrogens with zero attached hydrogens (tertiary/aromatic N) is 5. The molecule has 7 nitrogen and oxygen atoms in total. The van der Waals surface area contributed by atoms with E-state index in [0.717, 1.165) is 11.1 Å². The second-order valence-electron chi connectivity index (χ2n) is 5.95. The van der Waals surface area contributed by atoms with Crippen molar-refractivity contribution in [3.8, 4) is 17.0 Å². The van der Waals surface area contributed by atoms with Gasteiger partial charge in [-0.1, -0.05) is 12.1 Å². The van der Waals surface area contributed by atoms with Gasteiger partial charge in [0.1, 0.15) is 12.4 Å². The van der Waals surface area contributed by atoms with Crippen LogP contribution in [-0.4, -0.2) is 23.7 Å². The monoisotopic (exact) mass is 353 g/mol. The molecule has 0 radical (unpaired) electrons. The Hall–Kier alpha value is -3.42. The quantitative estimate of drug-likeness (QED) is 0.564. The maximum Gasteiger partial charge on any atom is 0.333 e. The summed E-state index contributed by atoms with van der Waals surface area (Å²) in [5.41, 5.74) is 2.40. The molecule has 0 aliphatic carbocycles. The third kappa shape index (κ3) is 2.75. The zero-order valence-corrected chi connectivity index (χ0v) is 14.3. The fraction of sp³-hybridized carbons (Fsp3) is 0.167. The first-order chi connectivity index (χ1) is 12.5. The van der Waals surface area contributed by atoms with E-state index in [2.05, 4.69) is 10.1 Å². The number of hydrogen-bond donors (Lipinski definition) is 0. The average Bonchev–Trinajstić information content (AvgIpc) is 3.23. The van der Waals surface area contributed by atoms with Gasteiger partial charge in [-0.15, -0.1) is 0 Å². The Morgan fingerprint density at radius 1 is 1.12 bits per heavy atom. The summed E-state index contributed by atoms with van der Waals surface area (Å²) in [6.07, 6.45) is 4.99. The van der Waals surface area contributed by atoms with Crippen LogP contribution in [0.2, 0.25) is 0 Å². The van der Waals surface area contributed by atoms with E-state index >= 15 is 0 Å². The van der Waals surface area contributed by atoms with Crippen LogP contribution < -0.4 is 10.4 Å². The number of fused-ring (bicyclic) bond motifs is 1. The Balaban J connectivity index is 1.77. The van der Waals surface area contributed by atoms with Gasteiger partial charge in [-0.25, -0.2) is 18.9 Å². The van der Waals surface area contributed by atoms with Crippen LogP contribution in [0, 0.1) is 5.82 Å². The molecule has 132 valence electrons. The molecule has 0 saturated carbocycles. The largest absolute Gasteiger partial charge is 0.471 e. The lowest BCUT2D eigenvalue weighted by atomic mass is 10.1. The van der Waals surface area contributed by atoms with Gasteiger partial charge in [0.25, 0.3) is 0 Å². The van der Waals surface area contributed by atoms with Crippen LogP contribution in [-0.2, 0) is 20.7 Å². The van der Waals surface area contributed by atoms with Crippen molar-refractivity contribution in [2.24, 2.45) is 14.1 Å². The molecule has 3 aromatic heterocycles. The molecule has 26 heavy (non-hydrogen) atoms. The number of aromatic nitrogens is 5. The highest BCUT2D eigenvalue weighted by Crippen LogP contribution is 2.23. The Morgan fingerprint density at radius 2 is 1.88 bits per heavy atom. The minimum Gasteiger partial charge on any atom is -0.471 e. The van der Waals surface area contributed by atoms with Crippen molar-refractivity contribution in [3.05, 3.63) is 70.9 Å². The molecule has 0 fully saturated rings. The molecule has 3 heterocycles. The highest BCUT2D eigenvalue weighted by molar-refractivity contribution is 5.76. The first-order valence-electron chi connectivity index (χ1n) is 7.97. The van der Waals surface area contributed by atoms with E-state index < -0.39 is 0 Å². The lowest BCUT2D eigenvalue weighted by Gasteiger charge is -2.06. The Kier molecular flexibility index (Phi) is 3.80. The third-order valence-electron chi connectivity index (χ3n) is 4.13. The van der Waals surface area contributed by atoms with Crippen molar-refractivity contribution in [1.29, 1.82) is 0 Å². The predicted molar refractivity (Wildman–Crippen MR) is 93.4 cm³/mol. The smallest absolute Gasteiger partial charge is 0.333 e. The van der Waals surface area contributed by atoms with Gasteiger partial charge in [0.15, 0.2) is 5.65 Å². The minimum absolute atomic E-state index is 0.202. The minimum atomic E-state index is -0.316. The first kappa shape index (κ1) is 16.1. The van der Waals surface area contributed by atoms with Gasteiger partial charge in [-0.2, -0.15) is 5.10 Å².